The minimum absolute atomic E-state index is 0.0732. The number of carbonyl (C=O) groups excluding carboxylic acids is 3. The van der Waals surface area contributed by atoms with E-state index in [0.29, 0.717) is 16.9 Å². The maximum atomic E-state index is 12.5. The molecule has 0 aliphatic carbocycles. The van der Waals surface area contributed by atoms with Gasteiger partial charge < -0.3 is 9.84 Å². The van der Waals surface area contributed by atoms with Crippen LogP contribution in [0.15, 0.2) is 51.8 Å². The first-order chi connectivity index (χ1) is 12.9. The molecule has 0 spiro atoms. The summed E-state index contributed by atoms with van der Waals surface area (Å²) in [5.41, 5.74) is 0.958. The largest absolute Gasteiger partial charge is 0.504 e. The van der Waals surface area contributed by atoms with E-state index in [2.05, 4.69) is 15.9 Å². The highest BCUT2D eigenvalue weighted by Crippen LogP contribution is 2.34. The van der Waals surface area contributed by atoms with E-state index in [1.165, 1.54) is 19.3 Å². The second kappa shape index (κ2) is 7.98. The zero-order chi connectivity index (χ0) is 19.6. The first-order valence-electron chi connectivity index (χ1n) is 7.80. The predicted molar refractivity (Wildman–Crippen MR) is 106 cm³/mol. The number of benzene rings is 2. The number of hydrogen-bond acceptors (Lipinski definition) is 6. The Bertz CT molecular complexity index is 955. The minimum atomic E-state index is -0.536. The molecule has 1 N–H and O–H groups in total. The highest BCUT2D eigenvalue weighted by molar-refractivity contribution is 9.10. The van der Waals surface area contributed by atoms with Crippen LogP contribution in [0.3, 0.4) is 0 Å². The monoisotopic (exact) mass is 447 g/mol. The van der Waals surface area contributed by atoms with Crippen LogP contribution in [0, 0.1) is 0 Å². The summed E-state index contributed by atoms with van der Waals surface area (Å²) < 4.78 is 5.80. The zero-order valence-corrected chi connectivity index (χ0v) is 16.5. The van der Waals surface area contributed by atoms with Crippen molar-refractivity contribution in [1.29, 1.82) is 0 Å². The van der Waals surface area contributed by atoms with Crippen molar-refractivity contribution in [2.45, 2.75) is 0 Å². The van der Waals surface area contributed by atoms with Gasteiger partial charge in [-0.3, -0.25) is 19.3 Å². The lowest BCUT2D eigenvalue weighted by molar-refractivity contribution is -0.122. The summed E-state index contributed by atoms with van der Waals surface area (Å²) in [4.78, 5) is 38.1. The van der Waals surface area contributed by atoms with E-state index in [-0.39, 0.29) is 23.0 Å². The van der Waals surface area contributed by atoms with Crippen molar-refractivity contribution in [2.24, 2.45) is 0 Å². The summed E-state index contributed by atoms with van der Waals surface area (Å²) in [6.45, 7) is -0.322. The molecule has 0 radical (unpaired) electrons. The van der Waals surface area contributed by atoms with E-state index in [4.69, 9.17) is 4.74 Å². The van der Waals surface area contributed by atoms with E-state index in [1.54, 1.807) is 36.4 Å². The van der Waals surface area contributed by atoms with Gasteiger partial charge in [-0.05, 0) is 47.7 Å². The smallest absolute Gasteiger partial charge is 0.293 e. The highest BCUT2D eigenvalue weighted by Gasteiger charge is 2.36. The summed E-state index contributed by atoms with van der Waals surface area (Å²) in [5.74, 6) is -0.629. The van der Waals surface area contributed by atoms with Gasteiger partial charge >= 0.3 is 0 Å². The first kappa shape index (κ1) is 19.2. The summed E-state index contributed by atoms with van der Waals surface area (Å²) in [6.07, 6.45) is 1.49. The lowest BCUT2D eigenvalue weighted by atomic mass is 10.1. The number of ketones is 1. The molecule has 0 bridgehead atoms. The Morgan fingerprint density at radius 3 is 2.56 bits per heavy atom. The molecule has 0 atom stereocenters. The highest BCUT2D eigenvalue weighted by atomic mass is 79.9. The van der Waals surface area contributed by atoms with E-state index >= 15 is 0 Å². The number of Topliss-reactive ketones (excluding diaryl/α,β-unsaturated/α-hetero) is 1. The number of nitrogens with zero attached hydrogens (tertiary/aromatic N) is 1. The van der Waals surface area contributed by atoms with Crippen LogP contribution in [-0.2, 0) is 4.79 Å². The number of phenolic OH excluding ortho intramolecular Hbond substituents is 1. The summed E-state index contributed by atoms with van der Waals surface area (Å²) in [6, 6.07) is 11.3. The molecule has 1 aliphatic heterocycles. The van der Waals surface area contributed by atoms with Crippen LogP contribution >= 0.6 is 27.7 Å². The molecule has 8 heteroatoms. The molecular formula is C19H14BrNO5S. The topological polar surface area (TPSA) is 83.9 Å². The van der Waals surface area contributed by atoms with Crippen LogP contribution in [-0.4, -0.2) is 40.6 Å². The number of imide groups is 1. The quantitative estimate of drug-likeness (QED) is 0.548. The summed E-state index contributed by atoms with van der Waals surface area (Å²) in [5, 5.41) is 9.32. The standard InChI is InChI=1S/C19H14BrNO5S/c1-26-16-7-2-11(8-14(16)22)9-17-18(24)21(19(25)27-17)10-15(23)12-3-5-13(20)6-4-12/h2-9,22H,10H2,1H3/b17-9+. The second-order valence-electron chi connectivity index (χ2n) is 5.63. The second-order valence-corrected chi connectivity index (χ2v) is 7.54. The van der Waals surface area contributed by atoms with Gasteiger partial charge in [-0.25, -0.2) is 0 Å². The van der Waals surface area contributed by atoms with Gasteiger partial charge in [-0.2, -0.15) is 0 Å². The van der Waals surface area contributed by atoms with E-state index in [9.17, 15) is 19.5 Å². The summed E-state index contributed by atoms with van der Waals surface area (Å²) in [7, 11) is 1.43. The summed E-state index contributed by atoms with van der Waals surface area (Å²) >= 11 is 4.05. The number of methoxy groups -OCH3 is 1. The van der Waals surface area contributed by atoms with Gasteiger partial charge in [0, 0.05) is 10.0 Å². The minimum Gasteiger partial charge on any atom is -0.504 e. The van der Waals surface area contributed by atoms with Crippen molar-refractivity contribution in [3.63, 3.8) is 0 Å². The Morgan fingerprint density at radius 1 is 1.22 bits per heavy atom. The van der Waals surface area contributed by atoms with Crippen molar-refractivity contribution >= 4 is 50.7 Å². The van der Waals surface area contributed by atoms with Gasteiger partial charge in [-0.1, -0.05) is 34.1 Å². The van der Waals surface area contributed by atoms with Crippen LogP contribution in [0.5, 0.6) is 11.5 Å². The van der Waals surface area contributed by atoms with Gasteiger partial charge in [0.25, 0.3) is 11.1 Å². The molecule has 6 nitrogen and oxygen atoms in total. The third-order valence-electron chi connectivity index (χ3n) is 3.84. The molecule has 1 saturated heterocycles. The number of phenols is 1. The molecule has 2 aromatic rings. The van der Waals surface area contributed by atoms with Crippen LogP contribution in [0.25, 0.3) is 6.08 Å². The molecule has 0 aromatic heterocycles. The van der Waals surface area contributed by atoms with Crippen molar-refractivity contribution < 1.29 is 24.2 Å². The molecule has 2 aromatic carbocycles. The fraction of sp³-hybridized carbons (Fsp3) is 0.105. The lowest BCUT2D eigenvalue weighted by Crippen LogP contribution is -2.33. The normalized spacial score (nSPS) is 15.5. The van der Waals surface area contributed by atoms with Crippen molar-refractivity contribution in [3.8, 4) is 11.5 Å². The Labute approximate surface area is 167 Å². The van der Waals surface area contributed by atoms with E-state index in [0.717, 1.165) is 21.1 Å². The Hall–Kier alpha value is -2.58. The van der Waals surface area contributed by atoms with Crippen LogP contribution in [0.1, 0.15) is 15.9 Å². The lowest BCUT2D eigenvalue weighted by Gasteiger charge is -2.11. The maximum Gasteiger partial charge on any atom is 0.293 e. The van der Waals surface area contributed by atoms with Gasteiger partial charge in [0.05, 0.1) is 18.6 Å². The third kappa shape index (κ3) is 4.23. The van der Waals surface area contributed by atoms with Gasteiger partial charge in [0.15, 0.2) is 17.3 Å². The molecule has 1 aliphatic rings. The Balaban J connectivity index is 1.77. The number of thioether (sulfide) groups is 1. The molecule has 0 saturated carbocycles. The third-order valence-corrected chi connectivity index (χ3v) is 5.28. The molecule has 27 heavy (non-hydrogen) atoms. The van der Waals surface area contributed by atoms with E-state index in [1.807, 2.05) is 0 Å². The molecule has 0 unspecified atom stereocenters. The average molecular weight is 448 g/mol. The Morgan fingerprint density at radius 2 is 1.93 bits per heavy atom. The number of ether oxygens (including phenoxy) is 1. The molecule has 138 valence electrons. The van der Waals surface area contributed by atoms with Crippen LogP contribution < -0.4 is 4.74 Å². The Kier molecular flexibility index (Phi) is 5.67. The number of amides is 2. The predicted octanol–water partition coefficient (Wildman–Crippen LogP) is 4.08. The zero-order valence-electron chi connectivity index (χ0n) is 14.1. The molecular weight excluding hydrogens is 434 g/mol. The molecule has 2 amide bonds. The molecule has 1 heterocycles. The average Bonchev–Trinajstić information content (AvgIpc) is 2.90. The van der Waals surface area contributed by atoms with Gasteiger partial charge in [-0.15, -0.1) is 0 Å². The van der Waals surface area contributed by atoms with E-state index < -0.39 is 11.1 Å². The number of halogens is 1. The number of aromatic hydroxyl groups is 1. The van der Waals surface area contributed by atoms with Crippen LogP contribution in [0.2, 0.25) is 0 Å². The SMILES string of the molecule is COc1ccc(/C=C2/SC(=O)N(CC(=O)c3ccc(Br)cc3)C2=O)cc1O. The van der Waals surface area contributed by atoms with Crippen molar-refractivity contribution in [3.05, 3.63) is 63.0 Å². The van der Waals surface area contributed by atoms with Crippen molar-refractivity contribution in [1.82, 2.24) is 4.90 Å². The maximum absolute atomic E-state index is 12.5. The fourth-order valence-corrected chi connectivity index (χ4v) is 3.56. The van der Waals surface area contributed by atoms with Gasteiger partial charge in [0.1, 0.15) is 0 Å². The number of carbonyl (C=O) groups is 3. The fourth-order valence-electron chi connectivity index (χ4n) is 2.46. The number of rotatable bonds is 5. The van der Waals surface area contributed by atoms with Crippen molar-refractivity contribution in [2.75, 3.05) is 13.7 Å². The first-order valence-corrected chi connectivity index (χ1v) is 9.41. The van der Waals surface area contributed by atoms with Crippen LogP contribution in [0.4, 0.5) is 4.79 Å². The molecule has 3 rings (SSSR count). The van der Waals surface area contributed by atoms with Gasteiger partial charge in [0.2, 0.25) is 0 Å². The number of hydrogen-bond donors (Lipinski definition) is 1. The molecule has 1 fully saturated rings.